The molecule has 1 aliphatic heterocycles. The van der Waals surface area contributed by atoms with Crippen molar-refractivity contribution in [3.05, 3.63) is 29.8 Å². The van der Waals surface area contributed by atoms with Gasteiger partial charge in [-0.1, -0.05) is 0 Å². The molecule has 92 valence electrons. The summed E-state index contributed by atoms with van der Waals surface area (Å²) < 4.78 is 5.32. The molecular formula is C13H17NO3. The molecule has 1 fully saturated rings. The fraction of sp³-hybridized carbons (Fsp3) is 0.462. The van der Waals surface area contributed by atoms with Gasteiger partial charge in [-0.15, -0.1) is 0 Å². The topological polar surface area (TPSA) is 49.8 Å². The first-order valence-corrected chi connectivity index (χ1v) is 5.91. The predicted octanol–water partition coefficient (Wildman–Crippen LogP) is 1.29. The van der Waals surface area contributed by atoms with Crippen LogP contribution in [0, 0.1) is 0 Å². The molecule has 1 atom stereocenters. The maximum absolute atomic E-state index is 12.0. The quantitative estimate of drug-likeness (QED) is 0.859. The third-order valence-corrected chi connectivity index (χ3v) is 2.86. The van der Waals surface area contributed by atoms with Gasteiger partial charge < -0.3 is 14.7 Å². The summed E-state index contributed by atoms with van der Waals surface area (Å²) in [5.41, 5.74) is 0.641. The number of carbonyl (C=O) groups excluding carboxylic acids is 1. The van der Waals surface area contributed by atoms with Crippen molar-refractivity contribution >= 4 is 5.91 Å². The molecular weight excluding hydrogens is 218 g/mol. The van der Waals surface area contributed by atoms with Crippen molar-refractivity contribution in [2.45, 2.75) is 19.4 Å². The molecule has 0 bridgehead atoms. The number of β-amino-alcohol motifs (C(OH)–C–C–N with tert-alkyl or cyclic N) is 1. The number of nitrogens with zero attached hydrogens (tertiary/aromatic N) is 1. The summed E-state index contributed by atoms with van der Waals surface area (Å²) in [4.78, 5) is 13.7. The molecule has 4 nitrogen and oxygen atoms in total. The van der Waals surface area contributed by atoms with Crippen LogP contribution in [-0.2, 0) is 0 Å². The molecule has 17 heavy (non-hydrogen) atoms. The number of amides is 1. The normalized spacial score (nSPS) is 19.4. The molecule has 1 N–H and O–H groups in total. The number of hydrogen-bond acceptors (Lipinski definition) is 3. The fourth-order valence-electron chi connectivity index (χ4n) is 1.97. The van der Waals surface area contributed by atoms with E-state index in [1.54, 1.807) is 29.2 Å². The zero-order chi connectivity index (χ0) is 12.3. The molecule has 1 aromatic carbocycles. The average Bonchev–Trinajstić information content (AvgIpc) is 2.76. The van der Waals surface area contributed by atoms with Crippen molar-refractivity contribution in [3.63, 3.8) is 0 Å². The Morgan fingerprint density at radius 1 is 1.47 bits per heavy atom. The summed E-state index contributed by atoms with van der Waals surface area (Å²) in [6, 6.07) is 7.11. The fourth-order valence-corrected chi connectivity index (χ4v) is 1.97. The van der Waals surface area contributed by atoms with E-state index in [0.29, 0.717) is 31.7 Å². The largest absolute Gasteiger partial charge is 0.494 e. The summed E-state index contributed by atoms with van der Waals surface area (Å²) >= 11 is 0. The number of aliphatic hydroxyl groups is 1. The van der Waals surface area contributed by atoms with Crippen molar-refractivity contribution < 1.29 is 14.6 Å². The van der Waals surface area contributed by atoms with Gasteiger partial charge in [0.05, 0.1) is 12.7 Å². The molecule has 1 aliphatic rings. The molecule has 2 rings (SSSR count). The standard InChI is InChI=1S/C13H17NO3/c1-2-17-12-5-3-10(4-6-12)13(16)14-8-7-11(15)9-14/h3-6,11,15H,2,7-9H2,1H3/t11-/m0/s1. The summed E-state index contributed by atoms with van der Waals surface area (Å²) in [7, 11) is 0. The Morgan fingerprint density at radius 2 is 2.18 bits per heavy atom. The Kier molecular flexibility index (Phi) is 3.64. The van der Waals surface area contributed by atoms with Gasteiger partial charge in [0.2, 0.25) is 0 Å². The number of carbonyl (C=O) groups is 1. The highest BCUT2D eigenvalue weighted by Gasteiger charge is 2.25. The van der Waals surface area contributed by atoms with E-state index in [4.69, 9.17) is 4.74 Å². The first-order valence-electron chi connectivity index (χ1n) is 5.91. The second-order valence-corrected chi connectivity index (χ2v) is 4.15. The molecule has 0 unspecified atom stereocenters. The zero-order valence-electron chi connectivity index (χ0n) is 9.93. The van der Waals surface area contributed by atoms with Gasteiger partial charge in [0.1, 0.15) is 5.75 Å². The van der Waals surface area contributed by atoms with Crippen molar-refractivity contribution in [2.24, 2.45) is 0 Å². The van der Waals surface area contributed by atoms with Crippen LogP contribution in [0.25, 0.3) is 0 Å². The van der Waals surface area contributed by atoms with Gasteiger partial charge >= 0.3 is 0 Å². The number of hydrogen-bond donors (Lipinski definition) is 1. The van der Waals surface area contributed by atoms with Crippen LogP contribution < -0.4 is 4.74 Å². The second-order valence-electron chi connectivity index (χ2n) is 4.15. The molecule has 1 heterocycles. The highest BCUT2D eigenvalue weighted by atomic mass is 16.5. The number of ether oxygens (including phenoxy) is 1. The van der Waals surface area contributed by atoms with Crippen LogP contribution in [0.4, 0.5) is 0 Å². The smallest absolute Gasteiger partial charge is 0.253 e. The van der Waals surface area contributed by atoms with E-state index < -0.39 is 0 Å². The van der Waals surface area contributed by atoms with Gasteiger partial charge in [0.15, 0.2) is 0 Å². The predicted molar refractivity (Wildman–Crippen MR) is 64.1 cm³/mol. The molecule has 0 radical (unpaired) electrons. The maximum atomic E-state index is 12.0. The number of aliphatic hydroxyl groups excluding tert-OH is 1. The minimum Gasteiger partial charge on any atom is -0.494 e. The first kappa shape index (κ1) is 11.9. The Hall–Kier alpha value is -1.55. The van der Waals surface area contributed by atoms with Crippen LogP contribution in [0.3, 0.4) is 0 Å². The highest BCUT2D eigenvalue weighted by molar-refractivity contribution is 5.94. The van der Waals surface area contributed by atoms with Crippen LogP contribution in [0.1, 0.15) is 23.7 Å². The molecule has 4 heteroatoms. The Bertz CT molecular complexity index is 388. The van der Waals surface area contributed by atoms with Crippen molar-refractivity contribution in [2.75, 3.05) is 19.7 Å². The zero-order valence-corrected chi connectivity index (χ0v) is 9.93. The van der Waals surface area contributed by atoms with Gasteiger partial charge in [-0.2, -0.15) is 0 Å². The minimum atomic E-state index is -0.373. The lowest BCUT2D eigenvalue weighted by Crippen LogP contribution is -2.29. The molecule has 1 aromatic rings. The van der Waals surface area contributed by atoms with E-state index in [9.17, 15) is 9.90 Å². The van der Waals surface area contributed by atoms with Crippen LogP contribution >= 0.6 is 0 Å². The highest BCUT2D eigenvalue weighted by Crippen LogP contribution is 2.16. The molecule has 0 aromatic heterocycles. The van der Waals surface area contributed by atoms with Gasteiger partial charge in [-0.3, -0.25) is 4.79 Å². The van der Waals surface area contributed by atoms with E-state index in [0.717, 1.165) is 5.75 Å². The molecule has 0 aliphatic carbocycles. The van der Waals surface area contributed by atoms with Crippen LogP contribution in [0.2, 0.25) is 0 Å². The van der Waals surface area contributed by atoms with E-state index in [1.165, 1.54) is 0 Å². The summed E-state index contributed by atoms with van der Waals surface area (Å²) in [5, 5.41) is 9.40. The monoisotopic (exact) mass is 235 g/mol. The van der Waals surface area contributed by atoms with Gasteiger partial charge in [0, 0.05) is 18.7 Å². The van der Waals surface area contributed by atoms with Gasteiger partial charge in [0.25, 0.3) is 5.91 Å². The van der Waals surface area contributed by atoms with E-state index in [2.05, 4.69) is 0 Å². The number of likely N-dealkylation sites (tertiary alicyclic amines) is 1. The third-order valence-electron chi connectivity index (χ3n) is 2.86. The Morgan fingerprint density at radius 3 is 2.71 bits per heavy atom. The lowest BCUT2D eigenvalue weighted by Gasteiger charge is -2.15. The van der Waals surface area contributed by atoms with Crippen molar-refractivity contribution in [3.8, 4) is 5.75 Å². The maximum Gasteiger partial charge on any atom is 0.253 e. The van der Waals surface area contributed by atoms with E-state index >= 15 is 0 Å². The third kappa shape index (κ3) is 2.77. The van der Waals surface area contributed by atoms with Gasteiger partial charge in [-0.05, 0) is 37.6 Å². The first-order chi connectivity index (χ1) is 8.20. The molecule has 1 saturated heterocycles. The lowest BCUT2D eigenvalue weighted by atomic mass is 10.2. The summed E-state index contributed by atoms with van der Waals surface area (Å²) in [5.74, 6) is 0.745. The molecule has 1 amide bonds. The SMILES string of the molecule is CCOc1ccc(C(=O)N2CC[C@H](O)C2)cc1. The van der Waals surface area contributed by atoms with Crippen molar-refractivity contribution in [1.82, 2.24) is 4.90 Å². The molecule has 0 saturated carbocycles. The lowest BCUT2D eigenvalue weighted by molar-refractivity contribution is 0.0765. The van der Waals surface area contributed by atoms with E-state index in [1.807, 2.05) is 6.92 Å². The second kappa shape index (κ2) is 5.19. The Labute approximate surface area is 101 Å². The Balaban J connectivity index is 2.04. The summed E-state index contributed by atoms with van der Waals surface area (Å²) in [6.07, 6.45) is 0.296. The van der Waals surface area contributed by atoms with Crippen LogP contribution in [0.15, 0.2) is 24.3 Å². The summed E-state index contributed by atoms with van der Waals surface area (Å²) in [6.45, 7) is 3.61. The average molecular weight is 235 g/mol. The van der Waals surface area contributed by atoms with Crippen LogP contribution in [-0.4, -0.2) is 41.7 Å². The van der Waals surface area contributed by atoms with Crippen molar-refractivity contribution in [1.29, 1.82) is 0 Å². The molecule has 0 spiro atoms. The van der Waals surface area contributed by atoms with Gasteiger partial charge in [-0.25, -0.2) is 0 Å². The minimum absolute atomic E-state index is 0.0235. The number of benzene rings is 1. The van der Waals surface area contributed by atoms with Crippen LogP contribution in [0.5, 0.6) is 5.75 Å². The van der Waals surface area contributed by atoms with E-state index in [-0.39, 0.29) is 12.0 Å². The number of rotatable bonds is 3.